The molecule has 0 saturated carbocycles. The lowest BCUT2D eigenvalue weighted by Crippen LogP contribution is -2.13. The SMILES string of the molecule is NCCc1ccc(N2CCc3ccccc32)cc1Br. The highest BCUT2D eigenvalue weighted by molar-refractivity contribution is 9.10. The largest absolute Gasteiger partial charge is 0.341 e. The molecule has 0 unspecified atom stereocenters. The maximum atomic E-state index is 5.62. The first-order valence-corrected chi connectivity index (χ1v) is 7.43. The highest BCUT2D eigenvalue weighted by Gasteiger charge is 2.20. The van der Waals surface area contributed by atoms with Gasteiger partial charge in [-0.15, -0.1) is 0 Å². The second kappa shape index (κ2) is 5.35. The first-order chi connectivity index (χ1) is 9.29. The first kappa shape index (κ1) is 12.7. The lowest BCUT2D eigenvalue weighted by molar-refractivity contribution is 0.958. The van der Waals surface area contributed by atoms with E-state index < -0.39 is 0 Å². The van der Waals surface area contributed by atoms with Gasteiger partial charge in [0.05, 0.1) is 0 Å². The molecule has 0 saturated heterocycles. The zero-order chi connectivity index (χ0) is 13.2. The van der Waals surface area contributed by atoms with Crippen molar-refractivity contribution in [2.75, 3.05) is 18.0 Å². The lowest BCUT2D eigenvalue weighted by Gasteiger charge is -2.20. The van der Waals surface area contributed by atoms with Crippen LogP contribution in [0.4, 0.5) is 11.4 Å². The van der Waals surface area contributed by atoms with E-state index in [0.717, 1.165) is 23.9 Å². The summed E-state index contributed by atoms with van der Waals surface area (Å²) in [6.07, 6.45) is 2.04. The van der Waals surface area contributed by atoms with Gasteiger partial charge in [0.15, 0.2) is 0 Å². The zero-order valence-electron chi connectivity index (χ0n) is 10.8. The second-order valence-corrected chi connectivity index (χ2v) is 5.70. The van der Waals surface area contributed by atoms with Crippen molar-refractivity contribution in [2.45, 2.75) is 12.8 Å². The summed E-state index contributed by atoms with van der Waals surface area (Å²) in [4.78, 5) is 2.38. The summed E-state index contributed by atoms with van der Waals surface area (Å²) < 4.78 is 1.15. The number of para-hydroxylation sites is 1. The van der Waals surface area contributed by atoms with Crippen molar-refractivity contribution in [1.29, 1.82) is 0 Å². The maximum Gasteiger partial charge on any atom is 0.0444 e. The van der Waals surface area contributed by atoms with Crippen LogP contribution in [0.2, 0.25) is 0 Å². The Bertz CT molecular complexity index is 595. The third-order valence-corrected chi connectivity index (χ3v) is 4.39. The monoisotopic (exact) mass is 316 g/mol. The molecule has 3 rings (SSSR count). The van der Waals surface area contributed by atoms with Crippen LogP contribution in [0.1, 0.15) is 11.1 Å². The predicted octanol–water partition coefficient (Wildman–Crippen LogP) is 3.64. The van der Waals surface area contributed by atoms with Crippen LogP contribution in [-0.4, -0.2) is 13.1 Å². The lowest BCUT2D eigenvalue weighted by atomic mass is 10.1. The molecule has 0 spiro atoms. The minimum absolute atomic E-state index is 0.685. The van der Waals surface area contributed by atoms with Gasteiger partial charge in [-0.1, -0.05) is 40.2 Å². The predicted molar refractivity (Wildman–Crippen MR) is 84.1 cm³/mol. The Morgan fingerprint density at radius 2 is 2.00 bits per heavy atom. The fraction of sp³-hybridized carbons (Fsp3) is 0.250. The molecule has 2 aromatic carbocycles. The van der Waals surface area contributed by atoms with Gasteiger partial charge in [-0.3, -0.25) is 0 Å². The number of anilines is 2. The zero-order valence-corrected chi connectivity index (χ0v) is 12.4. The highest BCUT2D eigenvalue weighted by Crippen LogP contribution is 2.35. The molecule has 0 amide bonds. The summed E-state index contributed by atoms with van der Waals surface area (Å²) in [5.41, 5.74) is 10.9. The standard InChI is InChI=1S/C16H17BrN2/c17-15-11-14(6-5-12(15)7-9-18)19-10-8-13-3-1-2-4-16(13)19/h1-6,11H,7-10,18H2. The van der Waals surface area contributed by atoms with Crippen LogP contribution in [-0.2, 0) is 12.8 Å². The van der Waals surface area contributed by atoms with Crippen molar-refractivity contribution < 1.29 is 0 Å². The van der Waals surface area contributed by atoms with E-state index in [9.17, 15) is 0 Å². The van der Waals surface area contributed by atoms with E-state index in [4.69, 9.17) is 5.73 Å². The molecule has 0 aromatic heterocycles. The van der Waals surface area contributed by atoms with Gasteiger partial charge in [-0.2, -0.15) is 0 Å². The van der Waals surface area contributed by atoms with E-state index in [2.05, 4.69) is 63.3 Å². The van der Waals surface area contributed by atoms with Gasteiger partial charge in [0.2, 0.25) is 0 Å². The minimum atomic E-state index is 0.685. The molecule has 1 heterocycles. The number of nitrogens with zero attached hydrogens (tertiary/aromatic N) is 1. The summed E-state index contributed by atoms with van der Waals surface area (Å²) >= 11 is 3.65. The minimum Gasteiger partial charge on any atom is -0.341 e. The van der Waals surface area contributed by atoms with Crippen LogP contribution >= 0.6 is 15.9 Å². The fourth-order valence-corrected chi connectivity index (χ4v) is 3.23. The average molecular weight is 317 g/mol. The number of fused-ring (bicyclic) bond motifs is 1. The van der Waals surface area contributed by atoms with E-state index in [1.54, 1.807) is 0 Å². The van der Waals surface area contributed by atoms with Crippen molar-refractivity contribution in [1.82, 2.24) is 0 Å². The maximum absolute atomic E-state index is 5.62. The molecule has 0 radical (unpaired) electrons. The summed E-state index contributed by atoms with van der Waals surface area (Å²) in [6, 6.07) is 15.2. The van der Waals surface area contributed by atoms with E-state index in [1.807, 2.05) is 0 Å². The van der Waals surface area contributed by atoms with Crippen LogP contribution in [0.25, 0.3) is 0 Å². The molecule has 1 aliphatic rings. The molecule has 0 bridgehead atoms. The van der Waals surface area contributed by atoms with Crippen molar-refractivity contribution in [2.24, 2.45) is 5.73 Å². The highest BCUT2D eigenvalue weighted by atomic mass is 79.9. The van der Waals surface area contributed by atoms with E-state index in [-0.39, 0.29) is 0 Å². The van der Waals surface area contributed by atoms with Crippen molar-refractivity contribution in [3.05, 3.63) is 58.1 Å². The van der Waals surface area contributed by atoms with Gasteiger partial charge < -0.3 is 10.6 Å². The number of halogens is 1. The van der Waals surface area contributed by atoms with E-state index in [1.165, 1.54) is 22.5 Å². The Kier molecular flexibility index (Phi) is 3.58. The van der Waals surface area contributed by atoms with Crippen molar-refractivity contribution in [3.63, 3.8) is 0 Å². The third-order valence-electron chi connectivity index (χ3n) is 3.65. The molecule has 19 heavy (non-hydrogen) atoms. The Hall–Kier alpha value is -1.32. The molecule has 2 aromatic rings. The van der Waals surface area contributed by atoms with Crippen LogP contribution in [0.3, 0.4) is 0 Å². The van der Waals surface area contributed by atoms with Crippen molar-refractivity contribution >= 4 is 27.3 Å². The number of benzene rings is 2. The number of nitrogens with two attached hydrogens (primary N) is 1. The Morgan fingerprint density at radius 1 is 1.16 bits per heavy atom. The quantitative estimate of drug-likeness (QED) is 0.936. The molecular formula is C16H17BrN2. The first-order valence-electron chi connectivity index (χ1n) is 6.63. The van der Waals surface area contributed by atoms with Crippen LogP contribution < -0.4 is 10.6 Å². The Balaban J connectivity index is 1.94. The van der Waals surface area contributed by atoms with Crippen LogP contribution in [0.15, 0.2) is 46.9 Å². The van der Waals surface area contributed by atoms with Crippen LogP contribution in [0, 0.1) is 0 Å². The van der Waals surface area contributed by atoms with E-state index >= 15 is 0 Å². The molecule has 2 nitrogen and oxygen atoms in total. The summed E-state index contributed by atoms with van der Waals surface area (Å²) in [6.45, 7) is 1.74. The Morgan fingerprint density at radius 3 is 2.79 bits per heavy atom. The van der Waals surface area contributed by atoms with E-state index in [0.29, 0.717) is 6.54 Å². The topological polar surface area (TPSA) is 29.3 Å². The average Bonchev–Trinajstić information content (AvgIpc) is 2.85. The molecule has 2 N–H and O–H groups in total. The molecule has 0 fully saturated rings. The van der Waals surface area contributed by atoms with Gasteiger partial charge in [0, 0.05) is 22.4 Å². The van der Waals surface area contributed by atoms with Gasteiger partial charge in [-0.05, 0) is 48.7 Å². The number of hydrogen-bond acceptors (Lipinski definition) is 2. The van der Waals surface area contributed by atoms with Gasteiger partial charge >= 0.3 is 0 Å². The fourth-order valence-electron chi connectivity index (χ4n) is 2.67. The third kappa shape index (κ3) is 2.40. The number of rotatable bonds is 3. The number of hydrogen-bond donors (Lipinski definition) is 1. The Labute approximate surface area is 122 Å². The molecule has 0 atom stereocenters. The molecule has 1 aliphatic heterocycles. The second-order valence-electron chi connectivity index (χ2n) is 4.84. The molecule has 0 aliphatic carbocycles. The van der Waals surface area contributed by atoms with Crippen LogP contribution in [0.5, 0.6) is 0 Å². The van der Waals surface area contributed by atoms with Crippen molar-refractivity contribution in [3.8, 4) is 0 Å². The molecule has 98 valence electrons. The summed E-state index contributed by atoms with van der Waals surface area (Å²) in [5, 5.41) is 0. The normalized spacial score (nSPS) is 13.7. The molecule has 3 heteroatoms. The van der Waals surface area contributed by atoms with Gasteiger partial charge in [0.25, 0.3) is 0 Å². The molecular weight excluding hydrogens is 300 g/mol. The summed E-state index contributed by atoms with van der Waals surface area (Å²) in [7, 11) is 0. The van der Waals surface area contributed by atoms with Gasteiger partial charge in [-0.25, -0.2) is 0 Å². The summed E-state index contributed by atoms with van der Waals surface area (Å²) in [5.74, 6) is 0. The smallest absolute Gasteiger partial charge is 0.0444 e. The van der Waals surface area contributed by atoms with Gasteiger partial charge in [0.1, 0.15) is 0 Å².